The number of Topliss-reactive ketones (excluding diaryl/α,β-unsaturated/α-hetero) is 1. The van der Waals surface area contributed by atoms with Crippen LogP contribution in [0.25, 0.3) is 0 Å². The van der Waals surface area contributed by atoms with Crippen LogP contribution in [0.4, 0.5) is 0 Å². The van der Waals surface area contributed by atoms with Gasteiger partial charge in [-0.15, -0.1) is 0 Å². The van der Waals surface area contributed by atoms with E-state index in [2.05, 4.69) is 36.7 Å². The Labute approximate surface area is 121 Å². The molecule has 1 aliphatic heterocycles. The van der Waals surface area contributed by atoms with Crippen LogP contribution in [0.5, 0.6) is 0 Å². The molecule has 1 saturated heterocycles. The summed E-state index contributed by atoms with van der Waals surface area (Å²) in [6, 6.07) is 4.04. The molecule has 1 aromatic rings. The minimum atomic E-state index is 0.101. The van der Waals surface area contributed by atoms with Crippen LogP contribution in [-0.4, -0.2) is 48.5 Å². The summed E-state index contributed by atoms with van der Waals surface area (Å²) in [5.41, 5.74) is 2.15. The van der Waals surface area contributed by atoms with Crippen molar-refractivity contribution in [1.29, 1.82) is 0 Å². The van der Waals surface area contributed by atoms with Crippen LogP contribution in [0.1, 0.15) is 32.0 Å². The molecule has 1 aliphatic rings. The fraction of sp³-hybridized carbons (Fsp3) is 0.625. The van der Waals surface area contributed by atoms with Crippen LogP contribution in [0, 0.1) is 0 Å². The molecule has 0 atom stereocenters. The van der Waals surface area contributed by atoms with Crippen LogP contribution < -0.4 is 0 Å². The van der Waals surface area contributed by atoms with Crippen molar-refractivity contribution in [3.8, 4) is 0 Å². The van der Waals surface area contributed by atoms with Crippen LogP contribution in [0.3, 0.4) is 0 Å². The summed E-state index contributed by atoms with van der Waals surface area (Å²) in [5.74, 6) is 0.225. The van der Waals surface area contributed by atoms with Gasteiger partial charge in [0.1, 0.15) is 0 Å². The first kappa shape index (κ1) is 15.1. The number of carbonyl (C=O) groups is 1. The lowest BCUT2D eigenvalue weighted by Crippen LogP contribution is -2.40. The number of nitrogens with zero attached hydrogens (tertiary/aromatic N) is 2. The van der Waals surface area contributed by atoms with Crippen molar-refractivity contribution in [2.75, 3.05) is 32.8 Å². The number of pyridine rings is 1. The van der Waals surface area contributed by atoms with Gasteiger partial charge in [0.2, 0.25) is 0 Å². The lowest BCUT2D eigenvalue weighted by molar-refractivity contribution is -0.120. The highest BCUT2D eigenvalue weighted by atomic mass is 16.5. The first-order chi connectivity index (χ1) is 9.45. The van der Waals surface area contributed by atoms with E-state index in [0.717, 1.165) is 32.0 Å². The monoisotopic (exact) mass is 276 g/mol. The van der Waals surface area contributed by atoms with Gasteiger partial charge < -0.3 is 4.74 Å². The fourth-order valence-electron chi connectivity index (χ4n) is 2.24. The number of aromatic nitrogens is 1. The highest BCUT2D eigenvalue weighted by Crippen LogP contribution is 2.21. The van der Waals surface area contributed by atoms with Crippen LogP contribution in [0.15, 0.2) is 18.3 Å². The highest BCUT2D eigenvalue weighted by Gasteiger charge is 2.16. The van der Waals surface area contributed by atoms with Crippen LogP contribution in [-0.2, 0) is 21.4 Å². The number of hydrogen-bond donors (Lipinski definition) is 0. The second kappa shape index (κ2) is 6.46. The molecule has 0 aromatic carbocycles. The zero-order valence-corrected chi connectivity index (χ0v) is 12.7. The molecule has 2 heterocycles. The molecule has 0 aliphatic carbocycles. The minimum Gasteiger partial charge on any atom is -0.379 e. The van der Waals surface area contributed by atoms with Gasteiger partial charge in [0, 0.05) is 25.0 Å². The predicted molar refractivity (Wildman–Crippen MR) is 78.9 cm³/mol. The second-order valence-electron chi connectivity index (χ2n) is 6.39. The molecule has 4 heteroatoms. The molecule has 0 spiro atoms. The van der Waals surface area contributed by atoms with Crippen molar-refractivity contribution < 1.29 is 9.53 Å². The molecule has 2 rings (SSSR count). The van der Waals surface area contributed by atoms with E-state index in [-0.39, 0.29) is 11.2 Å². The Morgan fingerprint density at radius 3 is 2.55 bits per heavy atom. The predicted octanol–water partition coefficient (Wildman–Crippen LogP) is 1.82. The zero-order chi connectivity index (χ0) is 14.6. The van der Waals surface area contributed by atoms with Crippen molar-refractivity contribution in [3.63, 3.8) is 0 Å². The summed E-state index contributed by atoms with van der Waals surface area (Å²) >= 11 is 0. The summed E-state index contributed by atoms with van der Waals surface area (Å²) in [5, 5.41) is 0. The van der Waals surface area contributed by atoms with Gasteiger partial charge in [-0.3, -0.25) is 14.7 Å². The number of carbonyl (C=O) groups excluding carboxylic acids is 1. The molecule has 0 radical (unpaired) electrons. The number of ketones is 1. The minimum absolute atomic E-state index is 0.101. The van der Waals surface area contributed by atoms with Gasteiger partial charge in [0.25, 0.3) is 0 Å². The van der Waals surface area contributed by atoms with Crippen LogP contribution in [0.2, 0.25) is 0 Å². The van der Waals surface area contributed by atoms with Gasteiger partial charge in [-0.2, -0.15) is 0 Å². The van der Waals surface area contributed by atoms with E-state index >= 15 is 0 Å². The van der Waals surface area contributed by atoms with Gasteiger partial charge in [-0.1, -0.05) is 26.8 Å². The third kappa shape index (κ3) is 4.39. The molecule has 0 unspecified atom stereocenters. The summed E-state index contributed by atoms with van der Waals surface area (Å²) in [7, 11) is 0. The van der Waals surface area contributed by atoms with E-state index in [1.54, 1.807) is 0 Å². The number of rotatable bonds is 4. The number of hydrogen-bond acceptors (Lipinski definition) is 4. The van der Waals surface area contributed by atoms with Crippen molar-refractivity contribution in [2.24, 2.45) is 0 Å². The van der Waals surface area contributed by atoms with E-state index in [9.17, 15) is 4.79 Å². The molecule has 110 valence electrons. The van der Waals surface area contributed by atoms with Crippen molar-refractivity contribution in [2.45, 2.75) is 32.6 Å². The molecular formula is C16H24N2O2. The maximum absolute atomic E-state index is 12.0. The normalized spacial score (nSPS) is 17.1. The van der Waals surface area contributed by atoms with Gasteiger partial charge in [-0.05, 0) is 17.0 Å². The maximum atomic E-state index is 12.0. The lowest BCUT2D eigenvalue weighted by atomic mass is 9.88. The summed E-state index contributed by atoms with van der Waals surface area (Å²) in [6.07, 6.45) is 2.30. The quantitative estimate of drug-likeness (QED) is 0.841. The smallest absolute Gasteiger partial charge is 0.152 e. The maximum Gasteiger partial charge on any atom is 0.152 e. The Kier molecular flexibility index (Phi) is 4.89. The van der Waals surface area contributed by atoms with E-state index < -0.39 is 0 Å². The topological polar surface area (TPSA) is 42.4 Å². The van der Waals surface area contributed by atoms with E-state index in [0.29, 0.717) is 13.0 Å². The lowest BCUT2D eigenvalue weighted by Gasteiger charge is -2.25. The third-order valence-corrected chi connectivity index (χ3v) is 3.57. The summed E-state index contributed by atoms with van der Waals surface area (Å²) in [4.78, 5) is 18.6. The largest absolute Gasteiger partial charge is 0.379 e. The highest BCUT2D eigenvalue weighted by molar-refractivity contribution is 5.82. The Morgan fingerprint density at radius 1 is 1.30 bits per heavy atom. The van der Waals surface area contributed by atoms with Crippen molar-refractivity contribution in [1.82, 2.24) is 9.88 Å². The molecular weight excluding hydrogens is 252 g/mol. The van der Waals surface area contributed by atoms with E-state index in [1.165, 1.54) is 5.56 Å². The molecule has 1 fully saturated rings. The molecule has 20 heavy (non-hydrogen) atoms. The molecule has 0 amide bonds. The van der Waals surface area contributed by atoms with E-state index in [1.807, 2.05) is 12.3 Å². The zero-order valence-electron chi connectivity index (χ0n) is 12.7. The summed E-state index contributed by atoms with van der Waals surface area (Å²) in [6.45, 7) is 10.1. The molecule has 0 bridgehead atoms. The van der Waals surface area contributed by atoms with Crippen LogP contribution >= 0.6 is 0 Å². The molecule has 1 aromatic heterocycles. The van der Waals surface area contributed by atoms with Gasteiger partial charge in [-0.25, -0.2) is 0 Å². The average molecular weight is 276 g/mol. The Morgan fingerprint density at radius 2 is 2.00 bits per heavy atom. The second-order valence-corrected chi connectivity index (χ2v) is 6.39. The van der Waals surface area contributed by atoms with E-state index in [4.69, 9.17) is 4.74 Å². The standard InChI is InChI=1S/C16H24N2O2/c1-16(2,3)13-4-5-14(17-11-13)10-15(19)12-18-6-8-20-9-7-18/h4-5,11H,6-10,12H2,1-3H3. The van der Waals surface area contributed by atoms with Crippen molar-refractivity contribution in [3.05, 3.63) is 29.6 Å². The first-order valence-electron chi connectivity index (χ1n) is 7.22. The van der Waals surface area contributed by atoms with Gasteiger partial charge in [0.15, 0.2) is 5.78 Å². The molecule has 0 N–H and O–H groups in total. The number of morpholine rings is 1. The molecule has 4 nitrogen and oxygen atoms in total. The Bertz CT molecular complexity index is 443. The third-order valence-electron chi connectivity index (χ3n) is 3.57. The van der Waals surface area contributed by atoms with Gasteiger partial charge >= 0.3 is 0 Å². The SMILES string of the molecule is CC(C)(C)c1ccc(CC(=O)CN2CCOCC2)nc1. The van der Waals surface area contributed by atoms with Gasteiger partial charge in [0.05, 0.1) is 26.2 Å². The Balaban J connectivity index is 1.87. The average Bonchev–Trinajstić information content (AvgIpc) is 2.39. The number of ether oxygens (including phenoxy) is 1. The Hall–Kier alpha value is -1.26. The van der Waals surface area contributed by atoms with Crippen molar-refractivity contribution >= 4 is 5.78 Å². The molecule has 0 saturated carbocycles. The summed E-state index contributed by atoms with van der Waals surface area (Å²) < 4.78 is 5.28. The fourth-order valence-corrected chi connectivity index (χ4v) is 2.24. The first-order valence-corrected chi connectivity index (χ1v) is 7.22.